The number of Topliss-reactive ketones (excluding diaryl/α,β-unsaturated/α-hetero) is 1. The van der Waals surface area contributed by atoms with Gasteiger partial charge in [-0.15, -0.1) is 0 Å². The summed E-state index contributed by atoms with van der Waals surface area (Å²) in [5, 5.41) is 0. The molecule has 0 N–H and O–H groups in total. The number of ether oxygens (including phenoxy) is 2. The predicted octanol–water partition coefficient (Wildman–Crippen LogP) is 0.588. The molecule has 0 aliphatic carbocycles. The fourth-order valence-electron chi connectivity index (χ4n) is 1.35. The standard InChI is InChI=1S/C10H9NO4/c1-2-14-10(13)8-7(12)6-4-3-5-11-9(6)15-8/h3-5,8H,2H2,1H3/t8-/m1/s1. The second kappa shape index (κ2) is 3.68. The summed E-state index contributed by atoms with van der Waals surface area (Å²) in [7, 11) is 0. The number of aromatic nitrogens is 1. The lowest BCUT2D eigenvalue weighted by molar-refractivity contribution is -0.148. The summed E-state index contributed by atoms with van der Waals surface area (Å²) >= 11 is 0. The SMILES string of the molecule is CCOC(=O)[C@@H]1Oc2ncccc2C1=O. The summed E-state index contributed by atoms with van der Waals surface area (Å²) in [6, 6.07) is 3.19. The van der Waals surface area contributed by atoms with Gasteiger partial charge in [-0.2, -0.15) is 0 Å². The maximum absolute atomic E-state index is 11.6. The summed E-state index contributed by atoms with van der Waals surface area (Å²) in [6.45, 7) is 1.89. The summed E-state index contributed by atoms with van der Waals surface area (Å²) < 4.78 is 9.81. The molecule has 78 valence electrons. The lowest BCUT2D eigenvalue weighted by Gasteiger charge is -2.06. The van der Waals surface area contributed by atoms with Crippen LogP contribution in [0.25, 0.3) is 0 Å². The van der Waals surface area contributed by atoms with Crippen molar-refractivity contribution in [2.45, 2.75) is 13.0 Å². The Labute approximate surface area is 86.0 Å². The van der Waals surface area contributed by atoms with Gasteiger partial charge in [-0.3, -0.25) is 4.79 Å². The molecule has 0 radical (unpaired) electrons. The third-order valence-electron chi connectivity index (χ3n) is 2.00. The number of esters is 1. The molecule has 0 unspecified atom stereocenters. The minimum atomic E-state index is -1.19. The van der Waals surface area contributed by atoms with Gasteiger partial charge in [0.25, 0.3) is 6.10 Å². The highest BCUT2D eigenvalue weighted by molar-refractivity contribution is 6.14. The lowest BCUT2D eigenvalue weighted by atomic mass is 10.1. The monoisotopic (exact) mass is 207 g/mol. The van der Waals surface area contributed by atoms with E-state index in [9.17, 15) is 9.59 Å². The van der Waals surface area contributed by atoms with Crippen molar-refractivity contribution in [1.82, 2.24) is 4.98 Å². The van der Waals surface area contributed by atoms with E-state index in [1.165, 1.54) is 6.20 Å². The van der Waals surface area contributed by atoms with Gasteiger partial charge in [0.15, 0.2) is 0 Å². The first-order chi connectivity index (χ1) is 7.24. The Morgan fingerprint density at radius 3 is 3.13 bits per heavy atom. The van der Waals surface area contributed by atoms with Crippen LogP contribution in [-0.4, -0.2) is 29.4 Å². The molecular formula is C10H9NO4. The molecule has 1 aromatic rings. The van der Waals surface area contributed by atoms with Gasteiger partial charge in [0.2, 0.25) is 11.7 Å². The quantitative estimate of drug-likeness (QED) is 0.524. The van der Waals surface area contributed by atoms with E-state index in [1.807, 2.05) is 0 Å². The molecule has 0 aromatic carbocycles. The molecule has 5 nitrogen and oxygen atoms in total. The molecule has 15 heavy (non-hydrogen) atoms. The Hall–Kier alpha value is -1.91. The molecule has 1 aliphatic rings. The van der Waals surface area contributed by atoms with E-state index in [1.54, 1.807) is 19.1 Å². The first kappa shape index (κ1) is 9.64. The van der Waals surface area contributed by atoms with E-state index < -0.39 is 17.9 Å². The van der Waals surface area contributed by atoms with Crippen LogP contribution in [-0.2, 0) is 9.53 Å². The van der Waals surface area contributed by atoms with Crippen molar-refractivity contribution < 1.29 is 19.1 Å². The maximum atomic E-state index is 11.6. The topological polar surface area (TPSA) is 65.5 Å². The van der Waals surface area contributed by atoms with E-state index in [-0.39, 0.29) is 12.5 Å². The maximum Gasteiger partial charge on any atom is 0.355 e. The average molecular weight is 207 g/mol. The van der Waals surface area contributed by atoms with Crippen LogP contribution in [0, 0.1) is 0 Å². The van der Waals surface area contributed by atoms with E-state index in [2.05, 4.69) is 4.98 Å². The summed E-state index contributed by atoms with van der Waals surface area (Å²) in [5.74, 6) is -0.863. The average Bonchev–Trinajstić information content (AvgIpc) is 2.57. The Morgan fingerprint density at radius 1 is 1.67 bits per heavy atom. The van der Waals surface area contributed by atoms with Crippen LogP contribution in [0.5, 0.6) is 5.88 Å². The molecule has 0 amide bonds. The summed E-state index contributed by atoms with van der Waals surface area (Å²) in [4.78, 5) is 26.8. The minimum Gasteiger partial charge on any atom is -0.463 e. The fourth-order valence-corrected chi connectivity index (χ4v) is 1.35. The molecule has 0 fully saturated rings. The molecular weight excluding hydrogens is 198 g/mol. The van der Waals surface area contributed by atoms with Crippen LogP contribution in [0.3, 0.4) is 0 Å². The molecule has 2 heterocycles. The predicted molar refractivity (Wildman–Crippen MR) is 49.6 cm³/mol. The van der Waals surface area contributed by atoms with Gasteiger partial charge in [-0.25, -0.2) is 9.78 Å². The second-order valence-electron chi connectivity index (χ2n) is 2.97. The lowest BCUT2D eigenvalue weighted by Crippen LogP contribution is -2.32. The number of fused-ring (bicyclic) bond motifs is 1. The number of hydrogen-bond donors (Lipinski definition) is 0. The van der Waals surface area contributed by atoms with Gasteiger partial charge >= 0.3 is 5.97 Å². The van der Waals surface area contributed by atoms with Gasteiger partial charge < -0.3 is 9.47 Å². The molecule has 5 heteroatoms. The van der Waals surface area contributed by atoms with Gasteiger partial charge in [-0.05, 0) is 19.1 Å². The van der Waals surface area contributed by atoms with Crippen molar-refractivity contribution in [3.8, 4) is 5.88 Å². The fraction of sp³-hybridized carbons (Fsp3) is 0.300. The van der Waals surface area contributed by atoms with Gasteiger partial charge in [0.1, 0.15) is 0 Å². The number of nitrogens with zero attached hydrogens (tertiary/aromatic N) is 1. The molecule has 1 aromatic heterocycles. The van der Waals surface area contributed by atoms with Crippen LogP contribution < -0.4 is 4.74 Å². The van der Waals surface area contributed by atoms with Crippen molar-refractivity contribution in [2.24, 2.45) is 0 Å². The van der Waals surface area contributed by atoms with Crippen molar-refractivity contribution >= 4 is 11.8 Å². The number of rotatable bonds is 2. The number of carbonyl (C=O) groups is 2. The molecule has 1 atom stereocenters. The second-order valence-corrected chi connectivity index (χ2v) is 2.97. The molecule has 0 saturated heterocycles. The zero-order chi connectivity index (χ0) is 10.8. The van der Waals surface area contributed by atoms with E-state index in [0.29, 0.717) is 5.56 Å². The van der Waals surface area contributed by atoms with Crippen LogP contribution in [0.15, 0.2) is 18.3 Å². The Balaban J connectivity index is 2.24. The first-order valence-electron chi connectivity index (χ1n) is 4.56. The van der Waals surface area contributed by atoms with Crippen molar-refractivity contribution in [2.75, 3.05) is 6.61 Å². The normalized spacial score (nSPS) is 18.2. The van der Waals surface area contributed by atoms with Gasteiger partial charge in [0.05, 0.1) is 12.2 Å². The van der Waals surface area contributed by atoms with Gasteiger partial charge in [0, 0.05) is 6.20 Å². The molecule has 0 saturated carbocycles. The van der Waals surface area contributed by atoms with Crippen LogP contribution in [0.1, 0.15) is 17.3 Å². The van der Waals surface area contributed by atoms with Crippen LogP contribution in [0.4, 0.5) is 0 Å². The Morgan fingerprint density at radius 2 is 2.47 bits per heavy atom. The summed E-state index contributed by atoms with van der Waals surface area (Å²) in [5.41, 5.74) is 0.329. The number of carbonyl (C=O) groups excluding carboxylic acids is 2. The number of ketones is 1. The Kier molecular flexibility index (Phi) is 2.37. The highest BCUT2D eigenvalue weighted by Crippen LogP contribution is 2.26. The van der Waals surface area contributed by atoms with E-state index in [4.69, 9.17) is 9.47 Å². The van der Waals surface area contributed by atoms with Crippen LogP contribution >= 0.6 is 0 Å². The van der Waals surface area contributed by atoms with Crippen LogP contribution in [0.2, 0.25) is 0 Å². The largest absolute Gasteiger partial charge is 0.463 e. The Bertz CT molecular complexity index is 416. The number of pyridine rings is 1. The smallest absolute Gasteiger partial charge is 0.355 e. The van der Waals surface area contributed by atoms with E-state index in [0.717, 1.165) is 0 Å². The third kappa shape index (κ3) is 1.56. The van der Waals surface area contributed by atoms with E-state index >= 15 is 0 Å². The molecule has 2 rings (SSSR count). The minimum absolute atomic E-state index is 0.195. The third-order valence-corrected chi connectivity index (χ3v) is 2.00. The van der Waals surface area contributed by atoms with Crippen molar-refractivity contribution in [3.05, 3.63) is 23.9 Å². The first-order valence-corrected chi connectivity index (χ1v) is 4.56. The highest BCUT2D eigenvalue weighted by atomic mass is 16.6. The zero-order valence-electron chi connectivity index (χ0n) is 8.10. The molecule has 0 spiro atoms. The molecule has 0 bridgehead atoms. The molecule has 1 aliphatic heterocycles. The van der Waals surface area contributed by atoms with Gasteiger partial charge in [-0.1, -0.05) is 0 Å². The van der Waals surface area contributed by atoms with Crippen molar-refractivity contribution in [1.29, 1.82) is 0 Å². The highest BCUT2D eigenvalue weighted by Gasteiger charge is 2.39. The van der Waals surface area contributed by atoms with Crippen molar-refractivity contribution in [3.63, 3.8) is 0 Å². The zero-order valence-corrected chi connectivity index (χ0v) is 8.10. The summed E-state index contributed by atoms with van der Waals surface area (Å²) in [6.07, 6.45) is 0.314. The number of hydrogen-bond acceptors (Lipinski definition) is 5.